The van der Waals surface area contributed by atoms with Gasteiger partial charge in [-0.3, -0.25) is 29.8 Å². The molecule has 0 aromatic heterocycles. The van der Waals surface area contributed by atoms with E-state index < -0.39 is 21.2 Å². The smallest absolute Gasteiger partial charge is 0.317 e. The van der Waals surface area contributed by atoms with Gasteiger partial charge in [0.2, 0.25) is 5.91 Å². The second-order valence-corrected chi connectivity index (χ2v) is 7.00. The van der Waals surface area contributed by atoms with Gasteiger partial charge in [0.1, 0.15) is 0 Å². The highest BCUT2D eigenvalue weighted by atomic mass is 16.6. The Morgan fingerprint density at radius 2 is 1.62 bits per heavy atom. The van der Waals surface area contributed by atoms with E-state index in [1.54, 1.807) is 54.6 Å². The molecule has 0 heterocycles. The third-order valence-corrected chi connectivity index (χ3v) is 4.62. The van der Waals surface area contributed by atoms with Gasteiger partial charge in [0.05, 0.1) is 28.9 Å². The average molecular weight is 461 g/mol. The Morgan fingerprint density at radius 1 is 0.912 bits per heavy atom. The Kier molecular flexibility index (Phi) is 7.79. The van der Waals surface area contributed by atoms with Crippen LogP contribution in [0.15, 0.2) is 78.9 Å². The molecule has 0 bridgehead atoms. The monoisotopic (exact) mass is 461 g/mol. The lowest BCUT2D eigenvalue weighted by Gasteiger charge is -2.08. The third kappa shape index (κ3) is 6.57. The molecule has 1 amide bonds. The second-order valence-electron chi connectivity index (χ2n) is 7.00. The number of non-ortho nitro benzene ring substituents is 1. The first-order valence-electron chi connectivity index (χ1n) is 10.1. The Morgan fingerprint density at radius 3 is 2.26 bits per heavy atom. The zero-order valence-corrected chi connectivity index (χ0v) is 17.7. The highest BCUT2D eigenvalue weighted by Gasteiger charge is 2.20. The highest BCUT2D eigenvalue weighted by molar-refractivity contribution is 6.06. The van der Waals surface area contributed by atoms with E-state index in [0.29, 0.717) is 11.3 Å². The third-order valence-electron chi connectivity index (χ3n) is 4.62. The van der Waals surface area contributed by atoms with Crippen LogP contribution in [0.5, 0.6) is 5.75 Å². The van der Waals surface area contributed by atoms with Crippen molar-refractivity contribution in [2.24, 2.45) is 0 Å². The zero-order valence-electron chi connectivity index (χ0n) is 17.7. The fourth-order valence-corrected chi connectivity index (χ4v) is 2.91. The largest absolute Gasteiger partial charge is 0.486 e. The normalized spacial score (nSPS) is 10.6. The van der Waals surface area contributed by atoms with E-state index in [9.17, 15) is 29.8 Å². The van der Waals surface area contributed by atoms with E-state index >= 15 is 0 Å². The van der Waals surface area contributed by atoms with Crippen molar-refractivity contribution in [3.8, 4) is 5.75 Å². The van der Waals surface area contributed by atoms with Crippen molar-refractivity contribution in [2.45, 2.75) is 6.42 Å². The van der Waals surface area contributed by atoms with Crippen molar-refractivity contribution in [2.75, 3.05) is 11.9 Å². The first-order chi connectivity index (χ1) is 16.3. The number of rotatable bonds is 10. The van der Waals surface area contributed by atoms with Gasteiger partial charge in [-0.2, -0.15) is 0 Å². The molecule has 10 nitrogen and oxygen atoms in total. The van der Waals surface area contributed by atoms with Crippen molar-refractivity contribution < 1.29 is 24.2 Å². The molecule has 3 aromatic rings. The molecule has 0 aliphatic rings. The number of amides is 1. The number of benzene rings is 3. The van der Waals surface area contributed by atoms with Gasteiger partial charge in [-0.05, 0) is 29.8 Å². The number of hydrogen-bond acceptors (Lipinski definition) is 7. The Labute approximate surface area is 193 Å². The maximum Gasteiger partial charge on any atom is 0.317 e. The van der Waals surface area contributed by atoms with Gasteiger partial charge in [-0.1, -0.05) is 48.5 Å². The van der Waals surface area contributed by atoms with Crippen molar-refractivity contribution in [1.29, 1.82) is 0 Å². The molecule has 0 aliphatic heterocycles. The van der Waals surface area contributed by atoms with Gasteiger partial charge in [0.15, 0.2) is 11.5 Å². The Hall–Kier alpha value is -4.86. The van der Waals surface area contributed by atoms with Gasteiger partial charge in [0, 0.05) is 17.3 Å². The molecule has 0 saturated heterocycles. The summed E-state index contributed by atoms with van der Waals surface area (Å²) in [5.74, 6) is -0.664. The van der Waals surface area contributed by atoms with E-state index in [1.165, 1.54) is 6.08 Å². The SMILES string of the molecule is O=C(CCOc1ccc([N+](=O)[O-])cc1[N+](=O)[O-])Nc1ccc(C=CC(=O)c2ccccc2)cc1. The number of nitrogens with one attached hydrogen (secondary N) is 1. The summed E-state index contributed by atoms with van der Waals surface area (Å²) in [4.78, 5) is 44.6. The summed E-state index contributed by atoms with van der Waals surface area (Å²) in [5, 5.41) is 24.6. The van der Waals surface area contributed by atoms with Gasteiger partial charge < -0.3 is 10.1 Å². The molecule has 0 saturated carbocycles. The maximum atomic E-state index is 12.1. The predicted octanol–water partition coefficient (Wildman–Crippen LogP) is 4.81. The number of ketones is 1. The number of nitro groups is 2. The molecule has 3 rings (SSSR count). The first kappa shape index (κ1) is 23.8. The number of allylic oxidation sites excluding steroid dienone is 1. The van der Waals surface area contributed by atoms with Crippen molar-refractivity contribution in [1.82, 2.24) is 0 Å². The van der Waals surface area contributed by atoms with E-state index in [0.717, 1.165) is 23.8 Å². The molecule has 1 N–H and O–H groups in total. The van der Waals surface area contributed by atoms with E-state index in [2.05, 4.69) is 5.32 Å². The summed E-state index contributed by atoms with van der Waals surface area (Å²) in [6.45, 7) is -0.160. The van der Waals surface area contributed by atoms with Gasteiger partial charge in [-0.25, -0.2) is 0 Å². The lowest BCUT2D eigenvalue weighted by Crippen LogP contribution is -2.15. The van der Waals surface area contributed by atoms with Crippen molar-refractivity contribution in [3.05, 3.63) is 110 Å². The molecular formula is C24H19N3O7. The topological polar surface area (TPSA) is 142 Å². The lowest BCUT2D eigenvalue weighted by atomic mass is 10.1. The van der Waals surface area contributed by atoms with Crippen molar-refractivity contribution in [3.63, 3.8) is 0 Å². The molecule has 10 heteroatoms. The van der Waals surface area contributed by atoms with E-state index in [-0.39, 0.29) is 30.5 Å². The molecule has 0 spiro atoms. The van der Waals surface area contributed by atoms with Gasteiger partial charge >= 0.3 is 5.69 Å². The molecule has 0 unspecified atom stereocenters. The minimum atomic E-state index is -0.786. The van der Waals surface area contributed by atoms with Crippen LogP contribution in [0, 0.1) is 20.2 Å². The first-order valence-corrected chi connectivity index (χ1v) is 10.1. The Bertz CT molecular complexity index is 1240. The number of hydrogen-bond donors (Lipinski definition) is 1. The zero-order chi connectivity index (χ0) is 24.5. The Balaban J connectivity index is 1.51. The molecule has 0 fully saturated rings. The number of nitrogens with zero attached hydrogens (tertiary/aromatic N) is 2. The van der Waals surface area contributed by atoms with E-state index in [4.69, 9.17) is 4.74 Å². The van der Waals surface area contributed by atoms with Crippen LogP contribution in [0.3, 0.4) is 0 Å². The van der Waals surface area contributed by atoms with E-state index in [1.807, 2.05) is 6.07 Å². The highest BCUT2D eigenvalue weighted by Crippen LogP contribution is 2.31. The van der Waals surface area contributed by atoms with Crippen LogP contribution < -0.4 is 10.1 Å². The summed E-state index contributed by atoms with van der Waals surface area (Å²) in [6.07, 6.45) is 3.05. The molecule has 0 radical (unpaired) electrons. The van der Waals surface area contributed by atoms with Crippen LogP contribution in [0.1, 0.15) is 22.3 Å². The summed E-state index contributed by atoms with van der Waals surface area (Å²) in [7, 11) is 0. The maximum absolute atomic E-state index is 12.1. The lowest BCUT2D eigenvalue weighted by molar-refractivity contribution is -0.394. The molecule has 34 heavy (non-hydrogen) atoms. The minimum Gasteiger partial charge on any atom is -0.486 e. The van der Waals surface area contributed by atoms with Crippen LogP contribution in [0.4, 0.5) is 17.1 Å². The molecule has 172 valence electrons. The molecule has 0 aliphatic carbocycles. The fraction of sp³-hybridized carbons (Fsp3) is 0.0833. The van der Waals surface area contributed by atoms with Crippen LogP contribution in [0.25, 0.3) is 6.08 Å². The number of carbonyl (C=O) groups is 2. The number of nitro benzene ring substituents is 2. The fourth-order valence-electron chi connectivity index (χ4n) is 2.91. The quantitative estimate of drug-likeness (QED) is 0.198. The summed E-state index contributed by atoms with van der Waals surface area (Å²) in [5.41, 5.74) is 0.904. The minimum absolute atomic E-state index is 0.0959. The molecular weight excluding hydrogens is 442 g/mol. The molecule has 0 atom stereocenters. The average Bonchev–Trinajstić information content (AvgIpc) is 2.83. The number of ether oxygens (including phenoxy) is 1. The number of carbonyl (C=O) groups excluding carboxylic acids is 2. The predicted molar refractivity (Wildman–Crippen MR) is 125 cm³/mol. The van der Waals surface area contributed by atoms with Crippen LogP contribution in [0.2, 0.25) is 0 Å². The second kappa shape index (κ2) is 11.1. The van der Waals surface area contributed by atoms with Gasteiger partial charge in [0.25, 0.3) is 5.69 Å². The van der Waals surface area contributed by atoms with Crippen molar-refractivity contribution >= 4 is 34.8 Å². The van der Waals surface area contributed by atoms with Crippen LogP contribution in [-0.2, 0) is 4.79 Å². The van der Waals surface area contributed by atoms with Crippen LogP contribution >= 0.6 is 0 Å². The summed E-state index contributed by atoms with van der Waals surface area (Å²) in [6, 6.07) is 18.7. The van der Waals surface area contributed by atoms with Gasteiger partial charge in [-0.15, -0.1) is 0 Å². The summed E-state index contributed by atoms with van der Waals surface area (Å²) >= 11 is 0. The standard InChI is InChI=1S/C24H19N3O7/c28-22(18-4-2-1-3-5-18)12-8-17-6-9-19(10-7-17)25-24(29)14-15-34-23-13-11-20(26(30)31)16-21(23)27(32)33/h1-13,16H,14-15H2,(H,25,29). The number of anilines is 1. The molecule has 3 aromatic carbocycles. The van der Waals surface area contributed by atoms with Crippen LogP contribution in [-0.4, -0.2) is 28.1 Å². The summed E-state index contributed by atoms with van der Waals surface area (Å²) < 4.78 is 5.29.